The van der Waals surface area contributed by atoms with Crippen molar-refractivity contribution in [3.8, 4) is 0 Å². The van der Waals surface area contributed by atoms with E-state index in [1.165, 1.54) is 0 Å². The Hall–Kier alpha value is -1.17. The molecule has 0 radical (unpaired) electrons. The molecule has 5 heteroatoms. The maximum Gasteiger partial charge on any atom is 0.243 e. The molecule has 0 saturated carbocycles. The summed E-state index contributed by atoms with van der Waals surface area (Å²) in [5.41, 5.74) is 1.07. The highest BCUT2D eigenvalue weighted by molar-refractivity contribution is 7.89. The van der Waals surface area contributed by atoms with Crippen LogP contribution in [0.15, 0.2) is 46.7 Å². The van der Waals surface area contributed by atoms with Gasteiger partial charge in [-0.1, -0.05) is 30.2 Å². The van der Waals surface area contributed by atoms with E-state index >= 15 is 0 Å². The zero-order chi connectivity index (χ0) is 14.9. The van der Waals surface area contributed by atoms with Gasteiger partial charge in [-0.25, -0.2) is 8.42 Å². The summed E-state index contributed by atoms with van der Waals surface area (Å²) in [6.07, 6.45) is 2.93. The van der Waals surface area contributed by atoms with Crippen LogP contribution >= 0.6 is 11.3 Å². The zero-order valence-corrected chi connectivity index (χ0v) is 13.7. The van der Waals surface area contributed by atoms with Crippen LogP contribution in [0.3, 0.4) is 0 Å². The molecule has 1 aromatic carbocycles. The van der Waals surface area contributed by atoms with Gasteiger partial charge in [0.1, 0.15) is 0 Å². The molecular formula is C16H19NO2S2. The molecule has 1 atom stereocenters. The van der Waals surface area contributed by atoms with Gasteiger partial charge in [-0.2, -0.15) is 4.31 Å². The number of aryl methyl sites for hydroxylation is 1. The molecule has 1 saturated heterocycles. The summed E-state index contributed by atoms with van der Waals surface area (Å²) in [6.45, 7) is 2.57. The Morgan fingerprint density at radius 2 is 1.90 bits per heavy atom. The Labute approximate surface area is 130 Å². The third kappa shape index (κ3) is 2.91. The van der Waals surface area contributed by atoms with Gasteiger partial charge in [0, 0.05) is 11.4 Å². The van der Waals surface area contributed by atoms with Crippen LogP contribution in [0.25, 0.3) is 0 Å². The van der Waals surface area contributed by atoms with Gasteiger partial charge in [0.15, 0.2) is 0 Å². The number of hydrogen-bond donors (Lipinski definition) is 0. The molecule has 0 spiro atoms. The molecule has 1 aliphatic rings. The van der Waals surface area contributed by atoms with E-state index in [-0.39, 0.29) is 6.04 Å². The lowest BCUT2D eigenvalue weighted by molar-refractivity contribution is 0.259. The van der Waals surface area contributed by atoms with E-state index in [2.05, 4.69) is 0 Å². The lowest BCUT2D eigenvalue weighted by Crippen LogP contribution is -2.38. The van der Waals surface area contributed by atoms with Crippen LogP contribution in [0, 0.1) is 6.92 Å². The van der Waals surface area contributed by atoms with Crippen LogP contribution < -0.4 is 0 Å². The standard InChI is InChI=1S/C16H19NO2S2/c1-13-7-9-14(10-8-13)21(18,19)17-11-3-2-5-15(17)16-6-4-12-20-16/h4,6-10,12,15H,2-3,5,11H2,1H3/t15-/m0/s1. The van der Waals surface area contributed by atoms with Crippen molar-refractivity contribution < 1.29 is 8.42 Å². The molecule has 3 nitrogen and oxygen atoms in total. The Morgan fingerprint density at radius 1 is 1.14 bits per heavy atom. The normalized spacial score (nSPS) is 20.5. The van der Waals surface area contributed by atoms with Gasteiger partial charge in [-0.05, 0) is 43.3 Å². The van der Waals surface area contributed by atoms with Gasteiger partial charge < -0.3 is 0 Å². The quantitative estimate of drug-likeness (QED) is 0.857. The Morgan fingerprint density at radius 3 is 2.57 bits per heavy atom. The Kier molecular flexibility index (Phi) is 4.15. The first-order chi connectivity index (χ1) is 10.1. The highest BCUT2D eigenvalue weighted by Gasteiger charge is 2.34. The van der Waals surface area contributed by atoms with Crippen molar-refractivity contribution in [3.63, 3.8) is 0 Å². The van der Waals surface area contributed by atoms with Crippen LogP contribution in [0.4, 0.5) is 0 Å². The fourth-order valence-electron chi connectivity index (χ4n) is 2.80. The molecule has 1 fully saturated rings. The fraction of sp³-hybridized carbons (Fsp3) is 0.375. The molecule has 0 unspecified atom stereocenters. The van der Waals surface area contributed by atoms with Gasteiger partial charge in [0.05, 0.1) is 10.9 Å². The van der Waals surface area contributed by atoms with E-state index in [4.69, 9.17) is 0 Å². The van der Waals surface area contributed by atoms with Gasteiger partial charge in [0.25, 0.3) is 0 Å². The van der Waals surface area contributed by atoms with E-state index in [1.807, 2.05) is 36.6 Å². The van der Waals surface area contributed by atoms with Crippen LogP contribution in [0.5, 0.6) is 0 Å². The summed E-state index contributed by atoms with van der Waals surface area (Å²) >= 11 is 1.64. The van der Waals surface area contributed by atoms with Crippen LogP contribution in [0.2, 0.25) is 0 Å². The Balaban J connectivity index is 1.97. The van der Waals surface area contributed by atoms with E-state index in [1.54, 1.807) is 27.8 Å². The second kappa shape index (κ2) is 5.91. The Bertz CT molecular complexity index is 690. The summed E-state index contributed by atoms with van der Waals surface area (Å²) in [6, 6.07) is 11.2. The molecule has 3 rings (SSSR count). The van der Waals surface area contributed by atoms with Crippen molar-refractivity contribution in [1.82, 2.24) is 4.31 Å². The summed E-state index contributed by atoms with van der Waals surface area (Å²) < 4.78 is 27.6. The average Bonchev–Trinajstić information content (AvgIpc) is 3.02. The van der Waals surface area contributed by atoms with Gasteiger partial charge in [0.2, 0.25) is 10.0 Å². The SMILES string of the molecule is Cc1ccc(S(=O)(=O)N2CCCC[C@H]2c2cccs2)cc1. The molecule has 2 aromatic rings. The monoisotopic (exact) mass is 321 g/mol. The summed E-state index contributed by atoms with van der Waals surface area (Å²) in [5, 5.41) is 2.01. The largest absolute Gasteiger partial charge is 0.243 e. The lowest BCUT2D eigenvalue weighted by Gasteiger charge is -2.34. The first kappa shape index (κ1) is 14.8. The van der Waals surface area contributed by atoms with Crippen molar-refractivity contribution in [2.45, 2.75) is 37.1 Å². The number of hydrogen-bond acceptors (Lipinski definition) is 3. The molecule has 1 aliphatic heterocycles. The second-order valence-electron chi connectivity index (χ2n) is 5.46. The molecule has 21 heavy (non-hydrogen) atoms. The van der Waals surface area contributed by atoms with Crippen molar-refractivity contribution in [1.29, 1.82) is 0 Å². The number of sulfonamides is 1. The summed E-state index contributed by atoms with van der Waals surface area (Å²) in [4.78, 5) is 1.54. The molecular weight excluding hydrogens is 302 g/mol. The third-order valence-corrected chi connectivity index (χ3v) is 6.85. The number of thiophene rings is 1. The number of piperidine rings is 1. The van der Waals surface area contributed by atoms with E-state index in [0.29, 0.717) is 11.4 Å². The summed E-state index contributed by atoms with van der Waals surface area (Å²) in [7, 11) is -3.41. The van der Waals surface area contributed by atoms with E-state index in [9.17, 15) is 8.42 Å². The van der Waals surface area contributed by atoms with Crippen LogP contribution in [-0.2, 0) is 10.0 Å². The predicted molar refractivity (Wildman–Crippen MR) is 86.0 cm³/mol. The molecule has 0 amide bonds. The van der Waals surface area contributed by atoms with E-state index < -0.39 is 10.0 Å². The number of benzene rings is 1. The maximum atomic E-state index is 12.9. The molecule has 1 aromatic heterocycles. The smallest absolute Gasteiger partial charge is 0.207 e. The molecule has 0 bridgehead atoms. The topological polar surface area (TPSA) is 37.4 Å². The molecule has 112 valence electrons. The van der Waals surface area contributed by atoms with Crippen LogP contribution in [-0.4, -0.2) is 19.3 Å². The van der Waals surface area contributed by atoms with Crippen molar-refractivity contribution in [3.05, 3.63) is 52.2 Å². The first-order valence-electron chi connectivity index (χ1n) is 7.21. The predicted octanol–water partition coefficient (Wildman–Crippen LogP) is 3.97. The highest BCUT2D eigenvalue weighted by Crippen LogP contribution is 2.37. The minimum Gasteiger partial charge on any atom is -0.207 e. The van der Waals surface area contributed by atoms with E-state index in [0.717, 1.165) is 29.7 Å². The minimum atomic E-state index is -3.41. The minimum absolute atomic E-state index is 0.00921. The summed E-state index contributed by atoms with van der Waals surface area (Å²) in [5.74, 6) is 0. The molecule has 2 heterocycles. The first-order valence-corrected chi connectivity index (χ1v) is 9.53. The number of nitrogens with zero attached hydrogens (tertiary/aromatic N) is 1. The van der Waals surface area contributed by atoms with Gasteiger partial charge in [-0.3, -0.25) is 0 Å². The second-order valence-corrected chi connectivity index (χ2v) is 8.33. The van der Waals surface area contributed by atoms with Crippen LogP contribution in [0.1, 0.15) is 35.7 Å². The highest BCUT2D eigenvalue weighted by atomic mass is 32.2. The van der Waals surface area contributed by atoms with Gasteiger partial charge in [-0.15, -0.1) is 11.3 Å². The average molecular weight is 321 g/mol. The molecule has 0 aliphatic carbocycles. The number of rotatable bonds is 3. The third-order valence-electron chi connectivity index (χ3n) is 3.95. The fourth-order valence-corrected chi connectivity index (χ4v) is 5.42. The zero-order valence-electron chi connectivity index (χ0n) is 12.0. The van der Waals surface area contributed by atoms with Crippen molar-refractivity contribution in [2.24, 2.45) is 0 Å². The van der Waals surface area contributed by atoms with Crippen molar-refractivity contribution in [2.75, 3.05) is 6.54 Å². The van der Waals surface area contributed by atoms with Crippen molar-refractivity contribution >= 4 is 21.4 Å². The lowest BCUT2D eigenvalue weighted by atomic mass is 10.0. The maximum absolute atomic E-state index is 12.9. The molecule has 0 N–H and O–H groups in total. The van der Waals surface area contributed by atoms with Gasteiger partial charge >= 0.3 is 0 Å².